The third kappa shape index (κ3) is 4.09. The minimum absolute atomic E-state index is 0.357. The summed E-state index contributed by atoms with van der Waals surface area (Å²) >= 11 is 0. The molecule has 0 aliphatic carbocycles. The molecule has 1 amide bonds. The fourth-order valence-electron chi connectivity index (χ4n) is 1.75. The number of benzene rings is 1. The SMILES string of the molecule is CCc1ccc(C(=O)N[C@H](C(=O)O)C(C)(C)C)cc1. The standard InChI is InChI=1S/C15H21NO3/c1-5-10-6-8-11(9-7-10)13(17)16-12(14(18)19)15(2,3)4/h6-9,12H,5H2,1-4H3,(H,16,17)(H,18,19)/t12-/m1/s1. The summed E-state index contributed by atoms with van der Waals surface area (Å²) in [6.45, 7) is 7.39. The minimum Gasteiger partial charge on any atom is -0.480 e. The van der Waals surface area contributed by atoms with Gasteiger partial charge in [-0.05, 0) is 29.5 Å². The highest BCUT2D eigenvalue weighted by Crippen LogP contribution is 2.20. The predicted molar refractivity (Wildman–Crippen MR) is 74.2 cm³/mol. The van der Waals surface area contributed by atoms with Crippen molar-refractivity contribution in [3.63, 3.8) is 0 Å². The Balaban J connectivity index is 2.85. The van der Waals surface area contributed by atoms with Gasteiger partial charge in [0, 0.05) is 5.56 Å². The Labute approximate surface area is 113 Å². The number of carbonyl (C=O) groups is 2. The van der Waals surface area contributed by atoms with E-state index in [4.69, 9.17) is 0 Å². The van der Waals surface area contributed by atoms with Crippen LogP contribution in [0.2, 0.25) is 0 Å². The van der Waals surface area contributed by atoms with Crippen molar-refractivity contribution in [1.82, 2.24) is 5.32 Å². The normalized spacial score (nSPS) is 12.8. The van der Waals surface area contributed by atoms with E-state index in [1.54, 1.807) is 32.9 Å². The van der Waals surface area contributed by atoms with Crippen molar-refractivity contribution in [1.29, 1.82) is 0 Å². The zero-order chi connectivity index (χ0) is 14.6. The van der Waals surface area contributed by atoms with Crippen LogP contribution in [0, 0.1) is 5.41 Å². The Morgan fingerprint density at radius 1 is 1.21 bits per heavy atom. The molecule has 0 aromatic heterocycles. The Morgan fingerprint density at radius 2 is 1.74 bits per heavy atom. The van der Waals surface area contributed by atoms with Gasteiger partial charge in [-0.25, -0.2) is 4.79 Å². The lowest BCUT2D eigenvalue weighted by molar-refractivity contribution is -0.142. The molecule has 19 heavy (non-hydrogen) atoms. The fraction of sp³-hybridized carbons (Fsp3) is 0.467. The molecule has 0 fully saturated rings. The Kier molecular flexibility index (Phi) is 4.70. The number of hydrogen-bond acceptors (Lipinski definition) is 2. The summed E-state index contributed by atoms with van der Waals surface area (Å²) in [6.07, 6.45) is 0.904. The number of carboxylic acid groups (broad SMARTS) is 1. The highest BCUT2D eigenvalue weighted by atomic mass is 16.4. The molecule has 1 aromatic carbocycles. The maximum Gasteiger partial charge on any atom is 0.326 e. The van der Waals surface area contributed by atoms with Crippen molar-refractivity contribution in [3.05, 3.63) is 35.4 Å². The van der Waals surface area contributed by atoms with Gasteiger partial charge >= 0.3 is 5.97 Å². The average molecular weight is 263 g/mol. The Bertz CT molecular complexity index is 457. The first kappa shape index (κ1) is 15.2. The van der Waals surface area contributed by atoms with Gasteiger partial charge in [-0.15, -0.1) is 0 Å². The summed E-state index contributed by atoms with van der Waals surface area (Å²) in [5, 5.41) is 11.7. The van der Waals surface area contributed by atoms with E-state index in [0.717, 1.165) is 12.0 Å². The van der Waals surface area contributed by atoms with Crippen molar-refractivity contribution < 1.29 is 14.7 Å². The number of rotatable bonds is 4. The van der Waals surface area contributed by atoms with E-state index in [0.29, 0.717) is 5.56 Å². The van der Waals surface area contributed by atoms with E-state index in [2.05, 4.69) is 5.32 Å². The number of carboxylic acids is 1. The number of nitrogens with one attached hydrogen (secondary N) is 1. The van der Waals surface area contributed by atoms with Crippen LogP contribution in [0.4, 0.5) is 0 Å². The van der Waals surface area contributed by atoms with Crippen molar-refractivity contribution in [2.75, 3.05) is 0 Å². The number of amides is 1. The minimum atomic E-state index is -1.02. The molecular weight excluding hydrogens is 242 g/mol. The molecule has 104 valence electrons. The van der Waals surface area contributed by atoms with Gasteiger partial charge in [-0.1, -0.05) is 39.8 Å². The van der Waals surface area contributed by atoms with Gasteiger partial charge in [0.25, 0.3) is 5.91 Å². The molecule has 4 nitrogen and oxygen atoms in total. The lowest BCUT2D eigenvalue weighted by Gasteiger charge is -2.27. The second kappa shape index (κ2) is 5.87. The molecule has 1 atom stereocenters. The second-order valence-corrected chi connectivity index (χ2v) is 5.66. The molecule has 4 heteroatoms. The Hall–Kier alpha value is -1.84. The maximum absolute atomic E-state index is 12.0. The van der Waals surface area contributed by atoms with E-state index >= 15 is 0 Å². The van der Waals surface area contributed by atoms with Crippen molar-refractivity contribution in [2.45, 2.75) is 40.2 Å². The first-order valence-corrected chi connectivity index (χ1v) is 6.38. The molecule has 0 heterocycles. The van der Waals surface area contributed by atoms with Crippen LogP contribution in [-0.2, 0) is 11.2 Å². The smallest absolute Gasteiger partial charge is 0.326 e. The number of aliphatic carboxylic acids is 1. The van der Waals surface area contributed by atoms with Crippen LogP contribution in [0.3, 0.4) is 0 Å². The molecule has 0 bridgehead atoms. The predicted octanol–water partition coefficient (Wildman–Crippen LogP) is 2.48. The van der Waals surface area contributed by atoms with Crippen LogP contribution in [0.15, 0.2) is 24.3 Å². The van der Waals surface area contributed by atoms with Crippen molar-refractivity contribution >= 4 is 11.9 Å². The molecule has 2 N–H and O–H groups in total. The first-order valence-electron chi connectivity index (χ1n) is 6.38. The zero-order valence-corrected chi connectivity index (χ0v) is 11.9. The van der Waals surface area contributed by atoms with Gasteiger partial charge in [0.05, 0.1) is 0 Å². The molecule has 0 saturated carbocycles. The first-order chi connectivity index (χ1) is 8.75. The molecule has 0 spiro atoms. The van der Waals surface area contributed by atoms with Crippen LogP contribution in [-0.4, -0.2) is 23.0 Å². The van der Waals surface area contributed by atoms with Gasteiger partial charge in [-0.2, -0.15) is 0 Å². The van der Waals surface area contributed by atoms with Gasteiger partial charge in [0.1, 0.15) is 6.04 Å². The van der Waals surface area contributed by atoms with Crippen LogP contribution >= 0.6 is 0 Å². The lowest BCUT2D eigenvalue weighted by Crippen LogP contribution is -2.49. The van der Waals surface area contributed by atoms with E-state index < -0.39 is 17.4 Å². The number of carbonyl (C=O) groups excluding carboxylic acids is 1. The van der Waals surface area contributed by atoms with Gasteiger partial charge in [0.2, 0.25) is 0 Å². The largest absolute Gasteiger partial charge is 0.480 e. The van der Waals surface area contributed by atoms with E-state index in [-0.39, 0.29) is 5.91 Å². The average Bonchev–Trinajstić information content (AvgIpc) is 2.34. The maximum atomic E-state index is 12.0. The second-order valence-electron chi connectivity index (χ2n) is 5.66. The highest BCUT2D eigenvalue weighted by molar-refractivity contribution is 5.96. The Morgan fingerprint density at radius 3 is 2.11 bits per heavy atom. The molecular formula is C15H21NO3. The summed E-state index contributed by atoms with van der Waals surface area (Å²) in [5.41, 5.74) is 1.08. The van der Waals surface area contributed by atoms with E-state index in [1.165, 1.54) is 0 Å². The molecule has 1 rings (SSSR count). The summed E-state index contributed by atoms with van der Waals surface area (Å²) < 4.78 is 0. The quantitative estimate of drug-likeness (QED) is 0.877. The van der Waals surface area contributed by atoms with Gasteiger partial charge < -0.3 is 10.4 Å². The summed E-state index contributed by atoms with van der Waals surface area (Å²) in [6, 6.07) is 6.28. The molecule has 0 saturated heterocycles. The van der Waals surface area contributed by atoms with Crippen LogP contribution in [0.1, 0.15) is 43.6 Å². The van der Waals surface area contributed by atoms with Gasteiger partial charge in [-0.3, -0.25) is 4.79 Å². The summed E-state index contributed by atoms with van der Waals surface area (Å²) in [4.78, 5) is 23.2. The molecule has 0 aliphatic rings. The fourth-order valence-corrected chi connectivity index (χ4v) is 1.75. The topological polar surface area (TPSA) is 66.4 Å². The summed E-state index contributed by atoms with van der Waals surface area (Å²) in [5.74, 6) is -1.38. The molecule has 0 radical (unpaired) electrons. The van der Waals surface area contributed by atoms with Crippen LogP contribution < -0.4 is 5.32 Å². The van der Waals surface area contributed by atoms with Crippen molar-refractivity contribution in [3.8, 4) is 0 Å². The molecule has 0 aliphatic heterocycles. The molecule has 0 unspecified atom stereocenters. The zero-order valence-electron chi connectivity index (χ0n) is 11.9. The summed E-state index contributed by atoms with van der Waals surface area (Å²) in [7, 11) is 0. The lowest BCUT2D eigenvalue weighted by atomic mass is 9.86. The molecule has 1 aromatic rings. The highest BCUT2D eigenvalue weighted by Gasteiger charge is 2.32. The number of aryl methyl sites for hydroxylation is 1. The van der Waals surface area contributed by atoms with Crippen molar-refractivity contribution in [2.24, 2.45) is 5.41 Å². The monoisotopic (exact) mass is 263 g/mol. The number of hydrogen-bond donors (Lipinski definition) is 2. The van der Waals surface area contributed by atoms with E-state index in [1.807, 2.05) is 19.1 Å². The van der Waals surface area contributed by atoms with E-state index in [9.17, 15) is 14.7 Å². The van der Waals surface area contributed by atoms with Gasteiger partial charge in [0.15, 0.2) is 0 Å². The van der Waals surface area contributed by atoms with Crippen LogP contribution in [0.5, 0.6) is 0 Å². The van der Waals surface area contributed by atoms with Crippen LogP contribution in [0.25, 0.3) is 0 Å². The third-order valence-corrected chi connectivity index (χ3v) is 3.01. The third-order valence-electron chi connectivity index (χ3n) is 3.01.